The van der Waals surface area contributed by atoms with Gasteiger partial charge in [0.15, 0.2) is 0 Å². The molecule has 11 heteroatoms. The second-order valence-electron chi connectivity index (χ2n) is 8.97. The summed E-state index contributed by atoms with van der Waals surface area (Å²) in [5, 5.41) is 2.65. The Morgan fingerprint density at radius 2 is 1.95 bits per heavy atom. The molecule has 1 aromatic heterocycles. The van der Waals surface area contributed by atoms with Crippen LogP contribution in [-0.2, 0) is 25.2 Å². The molecule has 0 saturated carbocycles. The standard InChI is InChI=1S/C26H34N3O7P/c1-18(23-12-8-9-21(23)13-15-29-17-19(2)24(30)27-26(29)32)14-16-35-37(33,28-20(3)25(31)34-4)36-22-10-6-5-7-11-22/h5-11,17-18,20H,12-16H2,1-4H3,(H,28,33)(H,27,30,32)/t18-,20-,37?/m0/s1. The molecule has 0 spiro atoms. The lowest BCUT2D eigenvalue weighted by molar-refractivity contribution is -0.142. The molecular weight excluding hydrogens is 497 g/mol. The zero-order chi connectivity index (χ0) is 27.0. The van der Waals surface area contributed by atoms with Crippen molar-refractivity contribution in [3.8, 4) is 5.75 Å². The highest BCUT2D eigenvalue weighted by atomic mass is 31.2. The normalized spacial score (nSPS) is 16.3. The van der Waals surface area contributed by atoms with Gasteiger partial charge in [0, 0.05) is 18.3 Å². The fraction of sp³-hybridized carbons (Fsp3) is 0.423. The second kappa shape index (κ2) is 12.9. The van der Waals surface area contributed by atoms with Gasteiger partial charge in [-0.1, -0.05) is 42.8 Å². The molecule has 0 fully saturated rings. The van der Waals surface area contributed by atoms with Crippen molar-refractivity contribution in [3.05, 3.63) is 86.2 Å². The minimum atomic E-state index is -3.88. The third-order valence-corrected chi connectivity index (χ3v) is 7.84. The van der Waals surface area contributed by atoms with E-state index in [2.05, 4.69) is 29.1 Å². The third kappa shape index (κ3) is 7.89. The number of rotatable bonds is 13. The van der Waals surface area contributed by atoms with E-state index in [1.807, 2.05) is 0 Å². The number of H-pyrrole nitrogens is 1. The van der Waals surface area contributed by atoms with Crippen LogP contribution in [-0.4, -0.2) is 35.3 Å². The van der Waals surface area contributed by atoms with Gasteiger partial charge in [-0.05, 0) is 56.7 Å². The fourth-order valence-corrected chi connectivity index (χ4v) is 5.56. The summed E-state index contributed by atoms with van der Waals surface area (Å²) in [5.74, 6) is -0.124. The lowest BCUT2D eigenvalue weighted by Gasteiger charge is -2.23. The van der Waals surface area contributed by atoms with Crippen LogP contribution < -0.4 is 20.9 Å². The van der Waals surface area contributed by atoms with Crippen molar-refractivity contribution in [2.75, 3.05) is 13.7 Å². The van der Waals surface area contributed by atoms with E-state index in [4.69, 9.17) is 13.8 Å². The van der Waals surface area contributed by atoms with E-state index in [0.29, 0.717) is 30.7 Å². The quantitative estimate of drug-likeness (QED) is 0.294. The van der Waals surface area contributed by atoms with Crippen LogP contribution in [0, 0.1) is 12.8 Å². The molecule has 0 amide bonds. The van der Waals surface area contributed by atoms with Crippen LogP contribution in [0.5, 0.6) is 5.75 Å². The highest BCUT2D eigenvalue weighted by Gasteiger charge is 2.32. The van der Waals surface area contributed by atoms with E-state index < -0.39 is 25.4 Å². The molecular formula is C26H34N3O7P. The molecule has 1 unspecified atom stereocenters. The number of aromatic amines is 1. The van der Waals surface area contributed by atoms with Crippen molar-refractivity contribution in [3.63, 3.8) is 0 Å². The first kappa shape index (κ1) is 28.4. The summed E-state index contributed by atoms with van der Waals surface area (Å²) in [5.41, 5.74) is 2.03. The number of nitrogens with one attached hydrogen (secondary N) is 2. The summed E-state index contributed by atoms with van der Waals surface area (Å²) >= 11 is 0. The number of hydrogen-bond donors (Lipinski definition) is 2. The second-order valence-corrected chi connectivity index (χ2v) is 10.7. The molecule has 1 aliphatic carbocycles. The van der Waals surface area contributed by atoms with Crippen LogP contribution in [0.4, 0.5) is 0 Å². The maximum Gasteiger partial charge on any atom is 0.459 e. The van der Waals surface area contributed by atoms with Gasteiger partial charge >= 0.3 is 19.4 Å². The Hall–Kier alpha value is -3.20. The lowest BCUT2D eigenvalue weighted by Crippen LogP contribution is -2.34. The van der Waals surface area contributed by atoms with Gasteiger partial charge < -0.3 is 9.26 Å². The predicted molar refractivity (Wildman–Crippen MR) is 140 cm³/mol. The highest BCUT2D eigenvalue weighted by molar-refractivity contribution is 7.52. The zero-order valence-electron chi connectivity index (χ0n) is 21.6. The average molecular weight is 532 g/mol. The number of esters is 1. The Kier molecular flexibility index (Phi) is 9.86. The Labute approximate surface area is 215 Å². The van der Waals surface area contributed by atoms with Gasteiger partial charge in [-0.3, -0.25) is 23.7 Å². The van der Waals surface area contributed by atoms with Gasteiger partial charge in [-0.25, -0.2) is 9.36 Å². The molecule has 0 saturated heterocycles. The molecule has 3 atom stereocenters. The number of benzene rings is 1. The first-order valence-corrected chi connectivity index (χ1v) is 13.7. The highest BCUT2D eigenvalue weighted by Crippen LogP contribution is 2.45. The first-order valence-electron chi connectivity index (χ1n) is 12.2. The number of para-hydroxylation sites is 1. The van der Waals surface area contributed by atoms with E-state index in [9.17, 15) is 18.9 Å². The van der Waals surface area contributed by atoms with Gasteiger partial charge in [0.2, 0.25) is 0 Å². The van der Waals surface area contributed by atoms with Gasteiger partial charge in [-0.2, -0.15) is 5.09 Å². The average Bonchev–Trinajstić information content (AvgIpc) is 3.34. The van der Waals surface area contributed by atoms with E-state index in [1.165, 1.54) is 24.2 Å². The molecule has 37 heavy (non-hydrogen) atoms. The predicted octanol–water partition coefficient (Wildman–Crippen LogP) is 3.87. The summed E-state index contributed by atoms with van der Waals surface area (Å²) in [6, 6.07) is 7.70. The molecule has 1 aliphatic rings. The van der Waals surface area contributed by atoms with Crippen LogP contribution in [0.2, 0.25) is 0 Å². The minimum Gasteiger partial charge on any atom is -0.468 e. The van der Waals surface area contributed by atoms with Crippen molar-refractivity contribution in [1.82, 2.24) is 14.6 Å². The Bertz CT molecular complexity index is 1310. The van der Waals surface area contributed by atoms with E-state index in [-0.39, 0.29) is 18.1 Å². The Balaban J connectivity index is 1.64. The third-order valence-electron chi connectivity index (χ3n) is 6.16. The van der Waals surface area contributed by atoms with E-state index >= 15 is 0 Å². The number of methoxy groups -OCH3 is 1. The number of carbonyl (C=O) groups excluding carboxylic acids is 1. The zero-order valence-corrected chi connectivity index (χ0v) is 22.5. The maximum atomic E-state index is 13.5. The summed E-state index contributed by atoms with van der Waals surface area (Å²) < 4.78 is 31.1. The number of aromatic nitrogens is 2. The van der Waals surface area contributed by atoms with Gasteiger partial charge in [0.25, 0.3) is 5.56 Å². The number of aryl methyl sites for hydroxylation is 2. The molecule has 2 aromatic rings. The Morgan fingerprint density at radius 3 is 2.65 bits per heavy atom. The van der Waals surface area contributed by atoms with Crippen LogP contribution in [0.25, 0.3) is 0 Å². The summed E-state index contributed by atoms with van der Waals surface area (Å²) in [4.78, 5) is 37.9. The molecule has 0 aliphatic heterocycles. The number of hydrogen-bond acceptors (Lipinski definition) is 7. The topological polar surface area (TPSA) is 129 Å². The van der Waals surface area contributed by atoms with Gasteiger partial charge in [0.1, 0.15) is 11.8 Å². The van der Waals surface area contributed by atoms with Crippen molar-refractivity contribution in [1.29, 1.82) is 0 Å². The molecule has 0 radical (unpaired) electrons. The summed E-state index contributed by atoms with van der Waals surface area (Å²) in [7, 11) is -2.63. The summed E-state index contributed by atoms with van der Waals surface area (Å²) in [6.07, 6.45) is 7.69. The van der Waals surface area contributed by atoms with Crippen LogP contribution in [0.3, 0.4) is 0 Å². The van der Waals surface area contributed by atoms with Gasteiger partial charge in [-0.15, -0.1) is 0 Å². The molecule has 10 nitrogen and oxygen atoms in total. The van der Waals surface area contributed by atoms with Crippen molar-refractivity contribution in [2.24, 2.45) is 5.92 Å². The minimum absolute atomic E-state index is 0.113. The molecule has 1 aromatic carbocycles. The van der Waals surface area contributed by atoms with Gasteiger partial charge in [0.05, 0.1) is 13.7 Å². The lowest BCUT2D eigenvalue weighted by atomic mass is 9.93. The number of ether oxygens (including phenoxy) is 1. The smallest absolute Gasteiger partial charge is 0.459 e. The van der Waals surface area contributed by atoms with Crippen LogP contribution in [0.15, 0.2) is 69.4 Å². The van der Waals surface area contributed by atoms with E-state index in [1.54, 1.807) is 43.5 Å². The largest absolute Gasteiger partial charge is 0.468 e. The SMILES string of the molecule is COC(=O)[C@H](C)NP(=O)(OCC[C@H](C)C1=C(CCn2cc(C)c(=O)[nH]c2=O)C=CC1)Oc1ccccc1. The molecule has 1 heterocycles. The maximum absolute atomic E-state index is 13.5. The Morgan fingerprint density at radius 1 is 1.22 bits per heavy atom. The van der Waals surface area contributed by atoms with Crippen molar-refractivity contribution >= 4 is 13.7 Å². The summed E-state index contributed by atoms with van der Waals surface area (Å²) in [6.45, 7) is 5.82. The van der Waals surface area contributed by atoms with Crippen LogP contribution >= 0.6 is 7.75 Å². The van der Waals surface area contributed by atoms with Crippen molar-refractivity contribution < 1.29 is 23.1 Å². The van der Waals surface area contributed by atoms with E-state index in [0.717, 1.165) is 12.0 Å². The van der Waals surface area contributed by atoms with Crippen LogP contribution in [0.1, 0.15) is 38.7 Å². The number of allylic oxidation sites excluding steroid dienone is 4. The molecule has 0 bridgehead atoms. The number of carbonyl (C=O) groups is 1. The first-order chi connectivity index (χ1) is 17.6. The monoisotopic (exact) mass is 531 g/mol. The fourth-order valence-electron chi connectivity index (χ4n) is 4.05. The molecule has 3 rings (SSSR count). The molecule has 2 N–H and O–H groups in total. The molecule has 200 valence electrons. The number of nitrogens with zero attached hydrogens (tertiary/aromatic N) is 1. The van der Waals surface area contributed by atoms with Crippen molar-refractivity contribution in [2.45, 2.75) is 52.6 Å².